The zero-order valence-corrected chi connectivity index (χ0v) is 15.7. The van der Waals surface area contributed by atoms with Gasteiger partial charge in [0.2, 0.25) is 0 Å². The zero-order valence-electron chi connectivity index (χ0n) is 15.7. The number of hydrogen-bond donors (Lipinski definition) is 3. The number of hydrogen-bond acceptors (Lipinski definition) is 9. The summed E-state index contributed by atoms with van der Waals surface area (Å²) in [5.74, 6) is -5.22. The second kappa shape index (κ2) is 10.3. The van der Waals surface area contributed by atoms with E-state index in [9.17, 15) is 44.1 Å². The molecule has 152 valence electrons. The molecule has 3 N–H and O–H groups in total. The third-order valence-corrected chi connectivity index (χ3v) is 4.56. The van der Waals surface area contributed by atoms with Gasteiger partial charge in [0, 0.05) is 6.61 Å². The first-order valence-electron chi connectivity index (χ1n) is 8.36. The fourth-order valence-electron chi connectivity index (χ4n) is 3.26. The van der Waals surface area contributed by atoms with Gasteiger partial charge in [0.15, 0.2) is 17.3 Å². The molecule has 0 amide bonds. The van der Waals surface area contributed by atoms with Crippen molar-refractivity contribution in [3.05, 3.63) is 0 Å². The molecule has 0 aliphatic heterocycles. The number of aliphatic hydroxyl groups excluding tert-OH is 3. The summed E-state index contributed by atoms with van der Waals surface area (Å²) < 4.78 is 0. The molecule has 0 rings (SSSR count). The highest BCUT2D eigenvalue weighted by Crippen LogP contribution is 2.47. The van der Waals surface area contributed by atoms with Gasteiger partial charge in [-0.1, -0.05) is 0 Å². The van der Waals surface area contributed by atoms with Crippen LogP contribution in [0.2, 0.25) is 0 Å². The smallest absolute Gasteiger partial charge is 0.155 e. The maximum Gasteiger partial charge on any atom is 0.155 e. The Bertz CT molecular complexity index is 601. The Morgan fingerprint density at radius 1 is 0.630 bits per heavy atom. The Labute approximate surface area is 156 Å². The molecule has 27 heavy (non-hydrogen) atoms. The van der Waals surface area contributed by atoms with Gasteiger partial charge in [-0.2, -0.15) is 0 Å². The zero-order chi connectivity index (χ0) is 21.4. The number of ketones is 6. The Morgan fingerprint density at radius 3 is 1.22 bits per heavy atom. The molecular weight excluding hydrogens is 360 g/mol. The number of rotatable bonds is 14. The SMILES string of the molecule is CC(=O)CC(=O)C(CO)(CO)C(CCO)(C(=O)CC(C)=O)C(=O)CC(C)=O. The number of Topliss-reactive ketones (excluding diaryl/α,β-unsaturated/α-hetero) is 6. The Morgan fingerprint density at radius 2 is 0.963 bits per heavy atom. The monoisotopic (exact) mass is 386 g/mol. The molecule has 0 aromatic heterocycles. The van der Waals surface area contributed by atoms with E-state index in [1.807, 2.05) is 0 Å². The minimum absolute atomic E-state index is 0.637. The van der Waals surface area contributed by atoms with Crippen LogP contribution < -0.4 is 0 Å². The van der Waals surface area contributed by atoms with E-state index in [0.29, 0.717) is 0 Å². The van der Waals surface area contributed by atoms with Crippen LogP contribution in [0.15, 0.2) is 0 Å². The van der Waals surface area contributed by atoms with Gasteiger partial charge in [-0.05, 0) is 27.2 Å². The normalized spacial score (nSPS) is 11.8. The van der Waals surface area contributed by atoms with Crippen LogP contribution in [0.4, 0.5) is 0 Å². The first-order chi connectivity index (χ1) is 12.4. The largest absolute Gasteiger partial charge is 0.396 e. The summed E-state index contributed by atoms with van der Waals surface area (Å²) >= 11 is 0. The highest BCUT2D eigenvalue weighted by Gasteiger charge is 2.63. The maximum absolute atomic E-state index is 12.9. The Balaban J connectivity index is 6.84. The fourth-order valence-corrected chi connectivity index (χ4v) is 3.26. The molecule has 0 bridgehead atoms. The van der Waals surface area contributed by atoms with Gasteiger partial charge in [0.25, 0.3) is 0 Å². The van der Waals surface area contributed by atoms with E-state index >= 15 is 0 Å². The Hall–Kier alpha value is -2.10. The van der Waals surface area contributed by atoms with Gasteiger partial charge in [0.05, 0.1) is 37.9 Å². The van der Waals surface area contributed by atoms with Gasteiger partial charge in [-0.25, -0.2) is 0 Å². The van der Waals surface area contributed by atoms with Gasteiger partial charge in [-0.3, -0.25) is 28.8 Å². The van der Waals surface area contributed by atoms with Crippen LogP contribution in [0.5, 0.6) is 0 Å². The topological polar surface area (TPSA) is 163 Å². The van der Waals surface area contributed by atoms with Crippen LogP contribution >= 0.6 is 0 Å². The van der Waals surface area contributed by atoms with Gasteiger partial charge < -0.3 is 15.3 Å². The molecule has 0 aromatic carbocycles. The standard InChI is InChI=1S/C18H26O9/c1-11(22)6-14(25)17(9-20,10-21)18(4-5-19,15(26)7-12(2)23)16(27)8-13(3)24/h19-21H,4-10H2,1-3H3. The number of aliphatic hydroxyl groups is 3. The molecule has 0 aromatic rings. The number of carbonyl (C=O) groups excluding carboxylic acids is 6. The summed E-state index contributed by atoms with van der Waals surface area (Å²) in [7, 11) is 0. The lowest BCUT2D eigenvalue weighted by molar-refractivity contribution is -0.170. The van der Waals surface area contributed by atoms with Gasteiger partial charge in [-0.15, -0.1) is 0 Å². The van der Waals surface area contributed by atoms with Crippen molar-refractivity contribution in [3.63, 3.8) is 0 Å². The van der Waals surface area contributed by atoms with E-state index in [0.717, 1.165) is 20.8 Å². The Kier molecular flexibility index (Phi) is 9.49. The summed E-state index contributed by atoms with van der Waals surface area (Å²) in [4.78, 5) is 72.9. The summed E-state index contributed by atoms with van der Waals surface area (Å²) in [6, 6.07) is 0. The minimum Gasteiger partial charge on any atom is -0.396 e. The second-order valence-corrected chi connectivity index (χ2v) is 6.68. The van der Waals surface area contributed by atoms with Crippen LogP contribution in [-0.4, -0.2) is 69.8 Å². The van der Waals surface area contributed by atoms with Gasteiger partial charge in [0.1, 0.15) is 22.8 Å². The van der Waals surface area contributed by atoms with E-state index in [4.69, 9.17) is 0 Å². The molecular formula is C18H26O9. The van der Waals surface area contributed by atoms with Crippen LogP contribution in [0.1, 0.15) is 46.5 Å². The molecule has 9 nitrogen and oxygen atoms in total. The molecule has 0 heterocycles. The van der Waals surface area contributed by atoms with E-state index in [1.54, 1.807) is 0 Å². The summed E-state index contributed by atoms with van der Waals surface area (Å²) in [6.45, 7) is 0.0101. The fraction of sp³-hybridized carbons (Fsp3) is 0.667. The van der Waals surface area contributed by atoms with Crippen molar-refractivity contribution in [2.75, 3.05) is 19.8 Å². The molecule has 0 radical (unpaired) electrons. The van der Waals surface area contributed by atoms with Crippen LogP contribution in [0.25, 0.3) is 0 Å². The van der Waals surface area contributed by atoms with Crippen LogP contribution in [0, 0.1) is 10.8 Å². The molecule has 0 atom stereocenters. The predicted octanol–water partition coefficient (Wildman–Crippen LogP) is -1.03. The first-order valence-corrected chi connectivity index (χ1v) is 8.36. The molecule has 0 saturated heterocycles. The van der Waals surface area contributed by atoms with E-state index in [2.05, 4.69) is 0 Å². The lowest BCUT2D eigenvalue weighted by Crippen LogP contribution is -2.62. The first kappa shape index (κ1) is 24.9. The lowest BCUT2D eigenvalue weighted by Gasteiger charge is -2.45. The molecule has 0 aliphatic carbocycles. The molecule has 0 spiro atoms. The minimum atomic E-state index is -2.52. The average molecular weight is 386 g/mol. The van der Waals surface area contributed by atoms with Crippen molar-refractivity contribution in [2.24, 2.45) is 10.8 Å². The highest BCUT2D eigenvalue weighted by molar-refractivity contribution is 6.20. The molecule has 0 saturated carbocycles. The van der Waals surface area contributed by atoms with Crippen molar-refractivity contribution < 1.29 is 44.1 Å². The quantitative estimate of drug-likeness (QED) is 0.317. The molecule has 0 fully saturated rings. The second-order valence-electron chi connectivity index (χ2n) is 6.68. The van der Waals surface area contributed by atoms with Crippen molar-refractivity contribution >= 4 is 34.7 Å². The summed E-state index contributed by atoms with van der Waals surface area (Å²) in [6.07, 6.45) is -3.09. The highest BCUT2D eigenvalue weighted by atomic mass is 16.3. The van der Waals surface area contributed by atoms with Gasteiger partial charge >= 0.3 is 0 Å². The maximum atomic E-state index is 12.9. The van der Waals surface area contributed by atoms with E-state index < -0.39 is 91.0 Å². The predicted molar refractivity (Wildman–Crippen MR) is 91.7 cm³/mol. The van der Waals surface area contributed by atoms with Crippen molar-refractivity contribution in [1.29, 1.82) is 0 Å². The lowest BCUT2D eigenvalue weighted by atomic mass is 9.54. The van der Waals surface area contributed by atoms with E-state index in [-0.39, 0.29) is 0 Å². The number of carbonyl (C=O) groups is 6. The van der Waals surface area contributed by atoms with Crippen molar-refractivity contribution in [3.8, 4) is 0 Å². The summed E-state index contributed by atoms with van der Waals surface area (Å²) in [5.41, 5.74) is -4.98. The molecule has 9 heteroatoms. The van der Waals surface area contributed by atoms with Crippen molar-refractivity contribution in [2.45, 2.75) is 46.5 Å². The molecule has 0 aliphatic rings. The van der Waals surface area contributed by atoms with Crippen molar-refractivity contribution in [1.82, 2.24) is 0 Å². The van der Waals surface area contributed by atoms with Crippen LogP contribution in [0.3, 0.4) is 0 Å². The van der Waals surface area contributed by atoms with Crippen LogP contribution in [-0.2, 0) is 28.8 Å². The molecule has 0 unspecified atom stereocenters. The average Bonchev–Trinajstić information content (AvgIpc) is 2.52. The summed E-state index contributed by atoms with van der Waals surface area (Å²) in [5, 5.41) is 29.4. The van der Waals surface area contributed by atoms with E-state index in [1.165, 1.54) is 0 Å². The third-order valence-electron chi connectivity index (χ3n) is 4.56. The third kappa shape index (κ3) is 5.21.